The van der Waals surface area contributed by atoms with Gasteiger partial charge in [-0.3, -0.25) is 9.10 Å². The van der Waals surface area contributed by atoms with Gasteiger partial charge in [-0.15, -0.1) is 0 Å². The first-order valence-electron chi connectivity index (χ1n) is 8.45. The lowest BCUT2D eigenvalue weighted by atomic mass is 10.1. The molecule has 1 aromatic rings. The smallest absolute Gasteiger partial charge is 0.243 e. The van der Waals surface area contributed by atoms with E-state index in [2.05, 4.69) is 10.2 Å². The second-order valence-electron chi connectivity index (χ2n) is 6.64. The number of methoxy groups -OCH3 is 1. The SMILES string of the molecule is COc1ccc(N(C(C)C(=O)NC2CCN(C)CC2)S(C)(=O)=O)cc1Cl. The summed E-state index contributed by atoms with van der Waals surface area (Å²) in [6, 6.07) is 3.81. The molecule has 1 heterocycles. The van der Waals surface area contributed by atoms with E-state index < -0.39 is 16.1 Å². The number of sulfonamides is 1. The number of amides is 1. The largest absolute Gasteiger partial charge is 0.495 e. The Balaban J connectivity index is 2.21. The summed E-state index contributed by atoms with van der Waals surface area (Å²) in [5.74, 6) is 0.115. The van der Waals surface area contributed by atoms with Crippen LogP contribution in [0.4, 0.5) is 5.69 Å². The Labute approximate surface area is 160 Å². The maximum Gasteiger partial charge on any atom is 0.243 e. The zero-order valence-electron chi connectivity index (χ0n) is 15.5. The molecule has 1 atom stereocenters. The Morgan fingerprint density at radius 2 is 2.00 bits per heavy atom. The van der Waals surface area contributed by atoms with Gasteiger partial charge in [0, 0.05) is 6.04 Å². The highest BCUT2D eigenvalue weighted by atomic mass is 35.5. The number of hydrogen-bond donors (Lipinski definition) is 1. The second-order valence-corrected chi connectivity index (χ2v) is 8.91. The highest BCUT2D eigenvalue weighted by molar-refractivity contribution is 7.92. The molecule has 0 aromatic heterocycles. The van der Waals surface area contributed by atoms with E-state index in [1.165, 1.54) is 13.2 Å². The highest BCUT2D eigenvalue weighted by Gasteiger charge is 2.31. The molecule has 1 unspecified atom stereocenters. The molecule has 1 aliphatic heterocycles. The zero-order valence-corrected chi connectivity index (χ0v) is 17.1. The Kier molecular flexibility index (Phi) is 6.76. The molecule has 1 aliphatic rings. The van der Waals surface area contributed by atoms with E-state index in [1.54, 1.807) is 19.1 Å². The minimum absolute atomic E-state index is 0.0574. The maximum atomic E-state index is 12.7. The predicted molar refractivity (Wildman–Crippen MR) is 103 cm³/mol. The van der Waals surface area contributed by atoms with Gasteiger partial charge in [0.15, 0.2) is 0 Å². The first-order valence-corrected chi connectivity index (χ1v) is 10.7. The standard InChI is InChI=1S/C17H26ClN3O4S/c1-12(17(22)19-13-7-9-20(2)10-8-13)21(26(4,23)24)14-5-6-16(25-3)15(18)11-14/h5-6,11-13H,7-10H2,1-4H3,(H,19,22). The third-order valence-corrected chi connectivity index (χ3v) is 6.08. The lowest BCUT2D eigenvalue weighted by Crippen LogP contribution is -2.52. The predicted octanol–water partition coefficient (Wildman–Crippen LogP) is 1.71. The molecule has 1 fully saturated rings. The molecule has 0 aliphatic carbocycles. The van der Waals surface area contributed by atoms with Gasteiger partial charge in [-0.25, -0.2) is 8.42 Å². The van der Waals surface area contributed by atoms with Crippen molar-refractivity contribution >= 4 is 33.2 Å². The van der Waals surface area contributed by atoms with Crippen molar-refractivity contribution in [3.05, 3.63) is 23.2 Å². The summed E-state index contributed by atoms with van der Waals surface area (Å²) >= 11 is 6.13. The maximum absolute atomic E-state index is 12.7. The van der Waals surface area contributed by atoms with Crippen molar-refractivity contribution in [2.45, 2.75) is 31.8 Å². The van der Waals surface area contributed by atoms with Crippen LogP contribution in [0.15, 0.2) is 18.2 Å². The molecule has 26 heavy (non-hydrogen) atoms. The Bertz CT molecular complexity index is 748. The van der Waals surface area contributed by atoms with Crippen LogP contribution in [-0.4, -0.2) is 64.8 Å². The first-order chi connectivity index (χ1) is 12.1. The molecular weight excluding hydrogens is 378 g/mol. The van der Waals surface area contributed by atoms with Crippen molar-refractivity contribution in [1.29, 1.82) is 0 Å². The van der Waals surface area contributed by atoms with Crippen LogP contribution in [0.3, 0.4) is 0 Å². The van der Waals surface area contributed by atoms with Crippen LogP contribution >= 0.6 is 11.6 Å². The van der Waals surface area contributed by atoms with Gasteiger partial charge in [0.1, 0.15) is 11.8 Å². The first kappa shape index (κ1) is 20.8. The fraction of sp³-hybridized carbons (Fsp3) is 0.588. The molecule has 1 aromatic carbocycles. The van der Waals surface area contributed by atoms with Gasteiger partial charge < -0.3 is 15.0 Å². The number of nitrogens with one attached hydrogen (secondary N) is 1. The van der Waals surface area contributed by atoms with Crippen molar-refractivity contribution in [3.8, 4) is 5.75 Å². The molecule has 0 spiro atoms. The van der Waals surface area contributed by atoms with E-state index in [9.17, 15) is 13.2 Å². The number of carbonyl (C=O) groups excluding carboxylic acids is 1. The Hall–Kier alpha value is -1.51. The number of benzene rings is 1. The van der Waals surface area contributed by atoms with Gasteiger partial charge in [-0.1, -0.05) is 11.6 Å². The van der Waals surface area contributed by atoms with E-state index in [4.69, 9.17) is 16.3 Å². The third-order valence-electron chi connectivity index (χ3n) is 4.54. The molecule has 0 saturated carbocycles. The number of nitrogens with zero attached hydrogens (tertiary/aromatic N) is 2. The average molecular weight is 404 g/mol. The van der Waals surface area contributed by atoms with Crippen molar-refractivity contribution in [1.82, 2.24) is 10.2 Å². The van der Waals surface area contributed by atoms with Crippen LogP contribution in [-0.2, 0) is 14.8 Å². The summed E-state index contributed by atoms with van der Waals surface area (Å²) in [5, 5.41) is 3.25. The van der Waals surface area contributed by atoms with Crippen LogP contribution in [0.5, 0.6) is 5.75 Å². The summed E-state index contributed by atoms with van der Waals surface area (Å²) < 4.78 is 30.9. The summed E-state index contributed by atoms with van der Waals surface area (Å²) in [4.78, 5) is 14.9. The van der Waals surface area contributed by atoms with Gasteiger partial charge in [0.05, 0.1) is 24.1 Å². The van der Waals surface area contributed by atoms with Gasteiger partial charge in [-0.2, -0.15) is 0 Å². The van der Waals surface area contributed by atoms with Crippen molar-refractivity contribution in [2.24, 2.45) is 0 Å². The molecule has 146 valence electrons. The van der Waals surface area contributed by atoms with Crippen molar-refractivity contribution in [3.63, 3.8) is 0 Å². The summed E-state index contributed by atoms with van der Waals surface area (Å²) in [6.07, 6.45) is 2.77. The van der Waals surface area contributed by atoms with E-state index in [-0.39, 0.29) is 17.0 Å². The molecule has 1 saturated heterocycles. The molecule has 1 amide bonds. The lowest BCUT2D eigenvalue weighted by molar-refractivity contribution is -0.122. The fourth-order valence-corrected chi connectivity index (χ4v) is 4.49. The molecule has 1 N–H and O–H groups in total. The number of anilines is 1. The average Bonchev–Trinajstić information content (AvgIpc) is 2.56. The molecule has 2 rings (SSSR count). The van der Waals surface area contributed by atoms with Crippen LogP contribution in [0.2, 0.25) is 5.02 Å². The highest BCUT2D eigenvalue weighted by Crippen LogP contribution is 2.31. The van der Waals surface area contributed by atoms with E-state index in [0.29, 0.717) is 11.4 Å². The number of halogens is 1. The van der Waals surface area contributed by atoms with Gasteiger partial charge in [0.25, 0.3) is 0 Å². The number of rotatable bonds is 6. The fourth-order valence-electron chi connectivity index (χ4n) is 3.08. The lowest BCUT2D eigenvalue weighted by Gasteiger charge is -2.33. The summed E-state index contributed by atoms with van der Waals surface area (Å²) in [6.45, 7) is 3.38. The minimum Gasteiger partial charge on any atom is -0.495 e. The Morgan fingerprint density at radius 1 is 1.38 bits per heavy atom. The topological polar surface area (TPSA) is 79.0 Å². The third kappa shape index (κ3) is 5.02. The number of hydrogen-bond acceptors (Lipinski definition) is 5. The van der Waals surface area contributed by atoms with Crippen molar-refractivity contribution in [2.75, 3.05) is 37.8 Å². The van der Waals surface area contributed by atoms with Crippen LogP contribution in [0.1, 0.15) is 19.8 Å². The number of carbonyl (C=O) groups is 1. The molecule has 0 bridgehead atoms. The van der Waals surface area contributed by atoms with Gasteiger partial charge >= 0.3 is 0 Å². The normalized spacial score (nSPS) is 17.6. The van der Waals surface area contributed by atoms with Gasteiger partial charge in [-0.05, 0) is 58.1 Å². The number of piperidine rings is 1. The molecule has 9 heteroatoms. The second kappa shape index (κ2) is 8.45. The molecule has 7 nitrogen and oxygen atoms in total. The Morgan fingerprint density at radius 3 is 2.50 bits per heavy atom. The number of ether oxygens (including phenoxy) is 1. The number of likely N-dealkylation sites (tertiary alicyclic amines) is 1. The van der Waals surface area contributed by atoms with Gasteiger partial charge in [0.2, 0.25) is 15.9 Å². The summed E-state index contributed by atoms with van der Waals surface area (Å²) in [5.41, 5.74) is 0.323. The molecular formula is C17H26ClN3O4S. The van der Waals surface area contributed by atoms with Crippen LogP contribution in [0, 0.1) is 0 Å². The van der Waals surface area contributed by atoms with E-state index in [1.807, 2.05) is 7.05 Å². The minimum atomic E-state index is -3.68. The summed E-state index contributed by atoms with van der Waals surface area (Å²) in [7, 11) is -0.163. The van der Waals surface area contributed by atoms with Crippen LogP contribution in [0.25, 0.3) is 0 Å². The van der Waals surface area contributed by atoms with E-state index in [0.717, 1.165) is 36.5 Å². The quantitative estimate of drug-likeness (QED) is 0.782. The van der Waals surface area contributed by atoms with E-state index >= 15 is 0 Å². The van der Waals surface area contributed by atoms with Crippen LogP contribution < -0.4 is 14.4 Å². The monoisotopic (exact) mass is 403 g/mol. The van der Waals surface area contributed by atoms with Crippen molar-refractivity contribution < 1.29 is 17.9 Å². The molecule has 0 radical (unpaired) electrons. The zero-order chi connectivity index (χ0) is 19.5.